The molecule has 3 aromatic carbocycles. The molecular formula is C26H19F2NO5. The van der Waals surface area contributed by atoms with Gasteiger partial charge in [0.15, 0.2) is 6.61 Å². The lowest BCUT2D eigenvalue weighted by Gasteiger charge is -2.11. The molecule has 8 heteroatoms. The molecule has 0 atom stereocenters. The van der Waals surface area contributed by atoms with Gasteiger partial charge in [0.25, 0.3) is 0 Å². The van der Waals surface area contributed by atoms with Crippen LogP contribution in [0.3, 0.4) is 0 Å². The highest BCUT2D eigenvalue weighted by atomic mass is 19.3. The van der Waals surface area contributed by atoms with Crippen LogP contribution in [-0.4, -0.2) is 37.1 Å². The van der Waals surface area contributed by atoms with E-state index in [2.05, 4.69) is 9.72 Å². The van der Waals surface area contributed by atoms with E-state index in [1.54, 1.807) is 66.7 Å². The van der Waals surface area contributed by atoms with Crippen LogP contribution in [0.25, 0.3) is 22.2 Å². The van der Waals surface area contributed by atoms with Crippen molar-refractivity contribution in [1.82, 2.24) is 4.98 Å². The summed E-state index contributed by atoms with van der Waals surface area (Å²) in [5.41, 5.74) is 2.10. The van der Waals surface area contributed by atoms with Gasteiger partial charge in [0.2, 0.25) is 5.78 Å². The Bertz CT molecular complexity index is 1340. The number of nitrogens with zero attached hydrogens (tertiary/aromatic N) is 1. The van der Waals surface area contributed by atoms with Crippen LogP contribution in [0, 0.1) is 0 Å². The van der Waals surface area contributed by atoms with E-state index in [-0.39, 0.29) is 11.3 Å². The van der Waals surface area contributed by atoms with E-state index in [0.29, 0.717) is 33.5 Å². The number of alkyl halides is 2. The van der Waals surface area contributed by atoms with Gasteiger partial charge in [0.05, 0.1) is 29.4 Å². The van der Waals surface area contributed by atoms with Gasteiger partial charge < -0.3 is 14.2 Å². The molecule has 0 amide bonds. The Morgan fingerprint density at radius 1 is 0.912 bits per heavy atom. The summed E-state index contributed by atoms with van der Waals surface area (Å²) < 4.78 is 39.7. The van der Waals surface area contributed by atoms with Crippen molar-refractivity contribution in [2.45, 2.75) is 6.61 Å². The van der Waals surface area contributed by atoms with E-state index in [9.17, 15) is 18.4 Å². The number of benzene rings is 3. The minimum atomic E-state index is -2.93. The highest BCUT2D eigenvalue weighted by molar-refractivity contribution is 6.06. The van der Waals surface area contributed by atoms with Gasteiger partial charge >= 0.3 is 12.6 Å². The zero-order chi connectivity index (χ0) is 24.1. The lowest BCUT2D eigenvalue weighted by atomic mass is 10.0. The summed E-state index contributed by atoms with van der Waals surface area (Å²) in [6.45, 7) is -3.39. The van der Waals surface area contributed by atoms with Crippen LogP contribution in [0.2, 0.25) is 0 Å². The van der Waals surface area contributed by atoms with Crippen molar-refractivity contribution in [3.8, 4) is 22.8 Å². The SMILES string of the molecule is COc1ccccc1C(=O)COC(=O)c1cc(-c2ccc(OC(F)F)cc2)nc2ccccc12. The molecule has 34 heavy (non-hydrogen) atoms. The topological polar surface area (TPSA) is 74.7 Å². The maximum absolute atomic E-state index is 13.0. The van der Waals surface area contributed by atoms with Crippen LogP contribution in [0.4, 0.5) is 8.78 Å². The molecule has 1 aromatic heterocycles. The Hall–Kier alpha value is -4.33. The van der Waals surface area contributed by atoms with Gasteiger partial charge in [0.1, 0.15) is 11.5 Å². The van der Waals surface area contributed by atoms with Gasteiger partial charge in [-0.2, -0.15) is 8.78 Å². The fourth-order valence-corrected chi connectivity index (χ4v) is 3.46. The van der Waals surface area contributed by atoms with E-state index < -0.39 is 25.0 Å². The number of halogens is 2. The third kappa shape index (κ3) is 5.01. The molecule has 0 spiro atoms. The van der Waals surface area contributed by atoms with Crippen molar-refractivity contribution in [3.63, 3.8) is 0 Å². The quantitative estimate of drug-likeness (QED) is 0.252. The van der Waals surface area contributed by atoms with Crippen LogP contribution >= 0.6 is 0 Å². The Morgan fingerprint density at radius 3 is 2.35 bits per heavy atom. The zero-order valence-electron chi connectivity index (χ0n) is 18.0. The summed E-state index contributed by atoms with van der Waals surface area (Å²) in [6.07, 6.45) is 0. The first-order valence-corrected chi connectivity index (χ1v) is 10.2. The second kappa shape index (κ2) is 10.1. The van der Waals surface area contributed by atoms with Gasteiger partial charge in [-0.3, -0.25) is 4.79 Å². The fourth-order valence-electron chi connectivity index (χ4n) is 3.46. The highest BCUT2D eigenvalue weighted by Crippen LogP contribution is 2.27. The molecular weight excluding hydrogens is 444 g/mol. The van der Waals surface area contributed by atoms with Crippen molar-refractivity contribution in [2.24, 2.45) is 0 Å². The third-order valence-electron chi connectivity index (χ3n) is 5.05. The number of aromatic nitrogens is 1. The number of Topliss-reactive ketones (excluding diaryl/α,β-unsaturated/α-hetero) is 1. The fraction of sp³-hybridized carbons (Fsp3) is 0.115. The summed E-state index contributed by atoms with van der Waals surface area (Å²) >= 11 is 0. The first kappa shape index (κ1) is 22.8. The molecule has 4 aromatic rings. The normalized spacial score (nSPS) is 10.8. The number of para-hydroxylation sites is 2. The maximum atomic E-state index is 13.0. The second-order valence-electron chi connectivity index (χ2n) is 7.17. The average Bonchev–Trinajstić information content (AvgIpc) is 2.86. The lowest BCUT2D eigenvalue weighted by molar-refractivity contribution is -0.0498. The smallest absolute Gasteiger partial charge is 0.387 e. The molecule has 0 bridgehead atoms. The highest BCUT2D eigenvalue weighted by Gasteiger charge is 2.19. The monoisotopic (exact) mass is 463 g/mol. The van der Waals surface area contributed by atoms with Crippen LogP contribution < -0.4 is 9.47 Å². The minimum Gasteiger partial charge on any atom is -0.496 e. The number of carbonyl (C=O) groups excluding carboxylic acids is 2. The molecule has 0 fully saturated rings. The number of esters is 1. The molecule has 1 heterocycles. The Morgan fingerprint density at radius 2 is 1.62 bits per heavy atom. The van der Waals surface area contributed by atoms with E-state index in [0.717, 1.165) is 0 Å². The van der Waals surface area contributed by atoms with E-state index >= 15 is 0 Å². The van der Waals surface area contributed by atoms with Gasteiger partial charge in [-0.15, -0.1) is 0 Å². The standard InChI is InChI=1S/C26H19F2NO5/c1-32-24-9-5-3-7-19(24)23(30)15-33-25(31)20-14-22(29-21-8-4-2-6-18(20)21)16-10-12-17(13-11-16)34-26(27)28/h2-14,26H,15H2,1H3. The van der Waals surface area contributed by atoms with Gasteiger partial charge in [-0.1, -0.05) is 30.3 Å². The molecule has 0 aliphatic carbocycles. The number of methoxy groups -OCH3 is 1. The van der Waals surface area contributed by atoms with E-state index in [1.165, 1.54) is 19.2 Å². The van der Waals surface area contributed by atoms with Crippen molar-refractivity contribution in [2.75, 3.05) is 13.7 Å². The second-order valence-corrected chi connectivity index (χ2v) is 7.17. The molecule has 0 N–H and O–H groups in total. The molecule has 0 saturated carbocycles. The number of carbonyl (C=O) groups is 2. The number of ether oxygens (including phenoxy) is 3. The maximum Gasteiger partial charge on any atom is 0.387 e. The summed E-state index contributed by atoms with van der Waals surface area (Å²) in [7, 11) is 1.45. The van der Waals surface area contributed by atoms with Crippen LogP contribution in [0.15, 0.2) is 78.9 Å². The summed E-state index contributed by atoms with van der Waals surface area (Å²) in [5.74, 6) is -0.701. The summed E-state index contributed by atoms with van der Waals surface area (Å²) in [6, 6.07) is 21.1. The number of pyridine rings is 1. The summed E-state index contributed by atoms with van der Waals surface area (Å²) in [5, 5.41) is 0.554. The number of hydrogen-bond acceptors (Lipinski definition) is 6. The molecule has 172 valence electrons. The van der Waals surface area contributed by atoms with Gasteiger partial charge in [0, 0.05) is 10.9 Å². The first-order chi connectivity index (χ1) is 16.5. The number of hydrogen-bond donors (Lipinski definition) is 0. The number of fused-ring (bicyclic) bond motifs is 1. The van der Waals surface area contributed by atoms with Crippen LogP contribution in [0.1, 0.15) is 20.7 Å². The van der Waals surface area contributed by atoms with Gasteiger partial charge in [-0.05, 0) is 48.5 Å². The molecule has 0 aliphatic heterocycles. The number of ketones is 1. The molecule has 6 nitrogen and oxygen atoms in total. The zero-order valence-corrected chi connectivity index (χ0v) is 18.0. The van der Waals surface area contributed by atoms with E-state index in [4.69, 9.17) is 9.47 Å². The van der Waals surface area contributed by atoms with Crippen molar-refractivity contribution in [3.05, 3.63) is 90.0 Å². The molecule has 0 radical (unpaired) electrons. The molecule has 0 saturated heterocycles. The van der Waals surface area contributed by atoms with Crippen molar-refractivity contribution < 1.29 is 32.6 Å². The lowest BCUT2D eigenvalue weighted by Crippen LogP contribution is -2.15. The number of rotatable bonds is 8. The van der Waals surface area contributed by atoms with Crippen LogP contribution in [-0.2, 0) is 4.74 Å². The third-order valence-corrected chi connectivity index (χ3v) is 5.05. The van der Waals surface area contributed by atoms with Crippen LogP contribution in [0.5, 0.6) is 11.5 Å². The Kier molecular flexibility index (Phi) is 6.77. The van der Waals surface area contributed by atoms with Crippen molar-refractivity contribution in [1.29, 1.82) is 0 Å². The first-order valence-electron chi connectivity index (χ1n) is 10.2. The summed E-state index contributed by atoms with van der Waals surface area (Å²) in [4.78, 5) is 30.1. The van der Waals surface area contributed by atoms with Crippen molar-refractivity contribution >= 4 is 22.7 Å². The minimum absolute atomic E-state index is 0.00836. The van der Waals surface area contributed by atoms with Gasteiger partial charge in [-0.25, -0.2) is 9.78 Å². The molecule has 0 unspecified atom stereocenters. The predicted molar refractivity (Wildman–Crippen MR) is 121 cm³/mol. The average molecular weight is 463 g/mol. The Labute approximate surface area is 193 Å². The largest absolute Gasteiger partial charge is 0.496 e. The molecule has 4 rings (SSSR count). The predicted octanol–water partition coefficient (Wildman–Crippen LogP) is 5.55. The molecule has 0 aliphatic rings. The van der Waals surface area contributed by atoms with E-state index in [1.807, 2.05) is 0 Å². The Balaban J connectivity index is 1.61.